The van der Waals surface area contributed by atoms with Crippen molar-refractivity contribution < 1.29 is 42.9 Å². The minimum atomic E-state index is -0.949. The smallest absolute Gasteiger partial charge is 0.320 e. The first-order valence-electron chi connectivity index (χ1n) is 7.99. The molecule has 0 radical (unpaired) electrons. The van der Waals surface area contributed by atoms with E-state index in [4.69, 9.17) is 14.2 Å². The van der Waals surface area contributed by atoms with Gasteiger partial charge < -0.3 is 23.7 Å². The molecule has 9 nitrogen and oxygen atoms in total. The van der Waals surface area contributed by atoms with Crippen molar-refractivity contribution in [1.29, 1.82) is 0 Å². The van der Waals surface area contributed by atoms with E-state index in [1.807, 2.05) is 0 Å². The summed E-state index contributed by atoms with van der Waals surface area (Å²) in [6.07, 6.45) is 0.558. The van der Waals surface area contributed by atoms with Gasteiger partial charge in [0.15, 0.2) is 11.8 Å². The fraction of sp³-hybridized carbons (Fsp3) is 0.750. The number of hydrogen-bond donors (Lipinski definition) is 0. The summed E-state index contributed by atoms with van der Waals surface area (Å²) < 4.78 is 24.0. The highest BCUT2D eigenvalue weighted by Gasteiger charge is 2.27. The van der Waals surface area contributed by atoms with Gasteiger partial charge in [0.2, 0.25) is 0 Å². The Morgan fingerprint density at radius 1 is 0.640 bits per heavy atom. The molecule has 0 amide bonds. The fourth-order valence-corrected chi connectivity index (χ4v) is 1.85. The molecule has 2 unspecified atom stereocenters. The van der Waals surface area contributed by atoms with Crippen LogP contribution in [0.15, 0.2) is 0 Å². The molecular formula is C16H26O9. The Morgan fingerprint density at radius 2 is 1.00 bits per heavy atom. The van der Waals surface area contributed by atoms with E-state index in [9.17, 15) is 19.2 Å². The largest absolute Gasteiger partial charge is 0.468 e. The number of hydrogen-bond acceptors (Lipinski definition) is 9. The lowest BCUT2D eigenvalue weighted by Crippen LogP contribution is -2.28. The second kappa shape index (κ2) is 13.2. The van der Waals surface area contributed by atoms with E-state index in [0.29, 0.717) is 0 Å². The molecule has 0 aliphatic rings. The summed E-state index contributed by atoms with van der Waals surface area (Å²) in [6.45, 7) is 3.42. The van der Waals surface area contributed by atoms with Crippen molar-refractivity contribution in [2.75, 3.05) is 40.6 Å². The highest BCUT2D eigenvalue weighted by atomic mass is 16.6. The lowest BCUT2D eigenvalue weighted by atomic mass is 10.1. The molecule has 0 aliphatic carbocycles. The van der Waals surface area contributed by atoms with Crippen molar-refractivity contribution in [2.24, 2.45) is 11.8 Å². The molecule has 0 saturated carbocycles. The van der Waals surface area contributed by atoms with Crippen molar-refractivity contribution >= 4 is 23.9 Å². The molecule has 0 spiro atoms. The van der Waals surface area contributed by atoms with Gasteiger partial charge in [-0.25, -0.2) is 0 Å². The van der Waals surface area contributed by atoms with Crippen LogP contribution < -0.4 is 0 Å². The Morgan fingerprint density at radius 3 is 1.28 bits per heavy atom. The Kier molecular flexibility index (Phi) is 12.0. The SMILES string of the molecule is CCC(C(=O)OC)C(=O)OCCOCCOC(=O)C(CC)C(=O)OC. The number of esters is 4. The zero-order valence-corrected chi connectivity index (χ0v) is 15.1. The summed E-state index contributed by atoms with van der Waals surface area (Å²) in [5.74, 6) is -4.53. The molecule has 0 saturated heterocycles. The topological polar surface area (TPSA) is 114 Å². The quantitative estimate of drug-likeness (QED) is 0.212. The van der Waals surface area contributed by atoms with E-state index < -0.39 is 35.7 Å². The Bertz CT molecular complexity index is 407. The van der Waals surface area contributed by atoms with Gasteiger partial charge in [0, 0.05) is 0 Å². The van der Waals surface area contributed by atoms with Gasteiger partial charge in [0.25, 0.3) is 0 Å². The van der Waals surface area contributed by atoms with Gasteiger partial charge >= 0.3 is 23.9 Å². The van der Waals surface area contributed by atoms with Gasteiger partial charge in [-0.1, -0.05) is 13.8 Å². The zero-order valence-electron chi connectivity index (χ0n) is 15.1. The van der Waals surface area contributed by atoms with Gasteiger partial charge in [-0.05, 0) is 12.8 Å². The van der Waals surface area contributed by atoms with Crippen LogP contribution >= 0.6 is 0 Å². The van der Waals surface area contributed by atoms with Gasteiger partial charge in [-0.15, -0.1) is 0 Å². The normalized spacial score (nSPS) is 12.6. The van der Waals surface area contributed by atoms with Crippen molar-refractivity contribution in [3.05, 3.63) is 0 Å². The minimum absolute atomic E-state index is 0.0416. The molecule has 0 aromatic heterocycles. The number of carbonyl (C=O) groups excluding carboxylic acids is 4. The maximum Gasteiger partial charge on any atom is 0.320 e. The molecule has 0 N–H and O–H groups in total. The maximum absolute atomic E-state index is 11.7. The van der Waals surface area contributed by atoms with E-state index >= 15 is 0 Å². The van der Waals surface area contributed by atoms with Crippen molar-refractivity contribution in [3.63, 3.8) is 0 Å². The third-order valence-electron chi connectivity index (χ3n) is 3.30. The predicted octanol–water partition coefficient (Wildman–Crippen LogP) is 0.488. The van der Waals surface area contributed by atoms with Gasteiger partial charge in [-0.2, -0.15) is 0 Å². The predicted molar refractivity (Wildman–Crippen MR) is 84.3 cm³/mol. The fourth-order valence-electron chi connectivity index (χ4n) is 1.85. The molecule has 144 valence electrons. The molecule has 0 aliphatic heterocycles. The number of carbonyl (C=O) groups is 4. The highest BCUT2D eigenvalue weighted by Crippen LogP contribution is 2.08. The number of methoxy groups -OCH3 is 2. The van der Waals surface area contributed by atoms with Crippen LogP contribution in [0.1, 0.15) is 26.7 Å². The number of ether oxygens (including phenoxy) is 5. The molecule has 9 heteroatoms. The molecule has 0 aromatic rings. The molecule has 0 fully saturated rings. The van der Waals surface area contributed by atoms with E-state index in [-0.39, 0.29) is 39.3 Å². The maximum atomic E-state index is 11.7. The number of rotatable bonds is 12. The third-order valence-corrected chi connectivity index (χ3v) is 3.30. The molecule has 0 rings (SSSR count). The Balaban J connectivity index is 3.90. The van der Waals surface area contributed by atoms with Crippen molar-refractivity contribution in [3.8, 4) is 0 Å². The lowest BCUT2D eigenvalue weighted by Gasteiger charge is -2.13. The summed E-state index contributed by atoms with van der Waals surface area (Å²) in [7, 11) is 2.40. The van der Waals surface area contributed by atoms with Crippen LogP contribution in [0.2, 0.25) is 0 Å². The average Bonchev–Trinajstić information content (AvgIpc) is 2.61. The van der Waals surface area contributed by atoms with Crippen LogP contribution in [0.5, 0.6) is 0 Å². The van der Waals surface area contributed by atoms with Crippen LogP contribution in [0.25, 0.3) is 0 Å². The van der Waals surface area contributed by atoms with Gasteiger partial charge in [-0.3, -0.25) is 19.2 Å². The lowest BCUT2D eigenvalue weighted by molar-refractivity contribution is -0.161. The molecular weight excluding hydrogens is 336 g/mol. The Hall–Kier alpha value is -2.16. The van der Waals surface area contributed by atoms with Gasteiger partial charge in [0.1, 0.15) is 13.2 Å². The van der Waals surface area contributed by atoms with Crippen LogP contribution in [-0.4, -0.2) is 64.5 Å². The summed E-state index contributed by atoms with van der Waals surface area (Å²) in [5.41, 5.74) is 0. The van der Waals surface area contributed by atoms with E-state index in [0.717, 1.165) is 0 Å². The van der Waals surface area contributed by atoms with Crippen LogP contribution in [0.4, 0.5) is 0 Å². The van der Waals surface area contributed by atoms with E-state index in [2.05, 4.69) is 9.47 Å². The third kappa shape index (κ3) is 8.48. The second-order valence-corrected chi connectivity index (χ2v) is 4.92. The Labute approximate surface area is 146 Å². The summed E-state index contributed by atoms with van der Waals surface area (Å²) >= 11 is 0. The highest BCUT2D eigenvalue weighted by molar-refractivity contribution is 5.95. The second-order valence-electron chi connectivity index (χ2n) is 4.92. The van der Waals surface area contributed by atoms with E-state index in [1.165, 1.54) is 14.2 Å². The van der Waals surface area contributed by atoms with E-state index in [1.54, 1.807) is 13.8 Å². The first kappa shape index (κ1) is 22.8. The standard InChI is InChI=1S/C16H26O9/c1-5-11(13(17)21-3)15(19)24-9-7-23-8-10-25-16(20)12(6-2)14(18)22-4/h11-12H,5-10H2,1-4H3. The molecule has 0 heterocycles. The molecule has 2 atom stereocenters. The molecule has 25 heavy (non-hydrogen) atoms. The van der Waals surface area contributed by atoms with Crippen molar-refractivity contribution in [1.82, 2.24) is 0 Å². The summed E-state index contributed by atoms with van der Waals surface area (Å²) in [4.78, 5) is 46.0. The van der Waals surface area contributed by atoms with Gasteiger partial charge in [0.05, 0.1) is 27.4 Å². The monoisotopic (exact) mass is 362 g/mol. The average molecular weight is 362 g/mol. The minimum Gasteiger partial charge on any atom is -0.468 e. The zero-order chi connectivity index (χ0) is 19.2. The van der Waals surface area contributed by atoms with Crippen molar-refractivity contribution in [2.45, 2.75) is 26.7 Å². The molecule has 0 aromatic carbocycles. The summed E-state index contributed by atoms with van der Waals surface area (Å²) in [6, 6.07) is 0. The molecule has 0 bridgehead atoms. The first-order chi connectivity index (χ1) is 11.9. The first-order valence-corrected chi connectivity index (χ1v) is 7.99. The summed E-state index contributed by atoms with van der Waals surface area (Å²) in [5, 5.41) is 0. The van der Waals surface area contributed by atoms with Crippen LogP contribution in [0, 0.1) is 11.8 Å². The van der Waals surface area contributed by atoms with Crippen LogP contribution in [-0.2, 0) is 42.9 Å². The van der Waals surface area contributed by atoms with Crippen LogP contribution in [0.3, 0.4) is 0 Å².